The third-order valence-electron chi connectivity index (χ3n) is 3.52. The highest BCUT2D eigenvalue weighted by atomic mass is 35.5. The first-order valence-electron chi connectivity index (χ1n) is 7.03. The predicted octanol–water partition coefficient (Wildman–Crippen LogP) is 5.07. The molecule has 0 saturated carbocycles. The molecule has 1 heterocycles. The summed E-state index contributed by atoms with van der Waals surface area (Å²) in [6.45, 7) is -0.246. The Balaban J connectivity index is 1.87. The quantitative estimate of drug-likeness (QED) is 0.734. The monoisotopic (exact) mass is 397 g/mol. The van der Waals surface area contributed by atoms with E-state index in [4.69, 9.17) is 23.2 Å². The van der Waals surface area contributed by atoms with Gasteiger partial charge in [-0.1, -0.05) is 35.3 Å². The Morgan fingerprint density at radius 1 is 1.16 bits per heavy atom. The van der Waals surface area contributed by atoms with Crippen molar-refractivity contribution in [2.45, 2.75) is 6.54 Å². The second-order valence-electron chi connectivity index (χ2n) is 5.18. The molecule has 1 fully saturated rings. The van der Waals surface area contributed by atoms with Gasteiger partial charge in [-0.05, 0) is 47.7 Å². The van der Waals surface area contributed by atoms with Gasteiger partial charge in [-0.25, -0.2) is 4.39 Å². The van der Waals surface area contributed by atoms with Crippen LogP contribution < -0.4 is 0 Å². The number of amides is 2. The summed E-state index contributed by atoms with van der Waals surface area (Å²) in [6.07, 6.45) is 1.49. The Kier molecular flexibility index (Phi) is 5.03. The second kappa shape index (κ2) is 7.07. The number of aromatic hydroxyl groups is 1. The number of phenols is 1. The van der Waals surface area contributed by atoms with Crippen molar-refractivity contribution < 1.29 is 19.1 Å². The third kappa shape index (κ3) is 3.66. The van der Waals surface area contributed by atoms with E-state index in [0.717, 1.165) is 16.7 Å². The molecule has 4 nitrogen and oxygen atoms in total. The minimum Gasteiger partial charge on any atom is -0.506 e. The molecule has 0 aromatic heterocycles. The highest BCUT2D eigenvalue weighted by Crippen LogP contribution is 2.35. The van der Waals surface area contributed by atoms with Crippen LogP contribution in [0.5, 0.6) is 5.75 Å². The fourth-order valence-corrected chi connectivity index (χ4v) is 3.49. The largest absolute Gasteiger partial charge is 0.506 e. The van der Waals surface area contributed by atoms with Crippen molar-refractivity contribution in [1.82, 2.24) is 4.90 Å². The van der Waals surface area contributed by atoms with E-state index in [9.17, 15) is 19.1 Å². The lowest BCUT2D eigenvalue weighted by Gasteiger charge is -2.14. The standard InChI is InChI=1S/C17H10Cl2FNO3S/c18-11-2-1-3-13(20)10(11)8-21-16(23)15(25-17(21)24)7-9-4-5-14(22)12(19)6-9/h1-7,22H,8H2/b15-7+. The number of rotatable bonds is 3. The summed E-state index contributed by atoms with van der Waals surface area (Å²) in [5.74, 6) is -1.21. The summed E-state index contributed by atoms with van der Waals surface area (Å²) >= 11 is 12.5. The van der Waals surface area contributed by atoms with Gasteiger partial charge in [0.05, 0.1) is 16.5 Å². The van der Waals surface area contributed by atoms with E-state index in [2.05, 4.69) is 0 Å². The molecule has 1 aliphatic heterocycles. The lowest BCUT2D eigenvalue weighted by molar-refractivity contribution is -0.123. The van der Waals surface area contributed by atoms with Gasteiger partial charge in [0.25, 0.3) is 11.1 Å². The van der Waals surface area contributed by atoms with Crippen molar-refractivity contribution in [1.29, 1.82) is 0 Å². The van der Waals surface area contributed by atoms with E-state index < -0.39 is 17.0 Å². The van der Waals surface area contributed by atoms with Gasteiger partial charge in [0.15, 0.2) is 0 Å². The van der Waals surface area contributed by atoms with E-state index in [1.54, 1.807) is 6.07 Å². The van der Waals surface area contributed by atoms with Crippen molar-refractivity contribution in [3.8, 4) is 5.75 Å². The van der Waals surface area contributed by atoms with Gasteiger partial charge in [0.1, 0.15) is 11.6 Å². The number of carbonyl (C=O) groups excluding carboxylic acids is 2. The van der Waals surface area contributed by atoms with Crippen LogP contribution in [0.15, 0.2) is 41.3 Å². The van der Waals surface area contributed by atoms with E-state index in [0.29, 0.717) is 5.56 Å². The molecule has 0 radical (unpaired) electrons. The molecular formula is C17H10Cl2FNO3S. The topological polar surface area (TPSA) is 57.6 Å². The molecule has 2 amide bonds. The molecule has 0 spiro atoms. The summed E-state index contributed by atoms with van der Waals surface area (Å²) in [5, 5.41) is 9.19. The highest BCUT2D eigenvalue weighted by Gasteiger charge is 2.35. The van der Waals surface area contributed by atoms with E-state index in [1.807, 2.05) is 0 Å². The molecule has 1 N–H and O–H groups in total. The van der Waals surface area contributed by atoms with Crippen LogP contribution in [0.25, 0.3) is 6.08 Å². The molecule has 0 unspecified atom stereocenters. The van der Waals surface area contributed by atoms with Crippen molar-refractivity contribution in [2.24, 2.45) is 0 Å². The van der Waals surface area contributed by atoms with Gasteiger partial charge in [0.2, 0.25) is 0 Å². The molecule has 0 aliphatic carbocycles. The molecule has 8 heteroatoms. The number of nitrogens with zero attached hydrogens (tertiary/aromatic N) is 1. The lowest BCUT2D eigenvalue weighted by Crippen LogP contribution is -2.28. The van der Waals surface area contributed by atoms with Crippen LogP contribution in [0, 0.1) is 5.82 Å². The summed E-state index contributed by atoms with van der Waals surface area (Å²) in [7, 11) is 0. The van der Waals surface area contributed by atoms with Crippen LogP contribution in [0.1, 0.15) is 11.1 Å². The highest BCUT2D eigenvalue weighted by molar-refractivity contribution is 8.18. The molecule has 1 saturated heterocycles. The number of phenolic OH excluding ortho intramolecular Hbond substituents is 1. The Morgan fingerprint density at radius 3 is 2.60 bits per heavy atom. The maximum absolute atomic E-state index is 13.9. The summed E-state index contributed by atoms with van der Waals surface area (Å²) in [4.78, 5) is 25.7. The van der Waals surface area contributed by atoms with Crippen LogP contribution >= 0.6 is 35.0 Å². The number of hydrogen-bond acceptors (Lipinski definition) is 4. The van der Waals surface area contributed by atoms with Crippen molar-refractivity contribution >= 4 is 52.2 Å². The van der Waals surface area contributed by atoms with Gasteiger partial charge in [-0.2, -0.15) is 0 Å². The molecule has 1 aliphatic rings. The molecule has 25 heavy (non-hydrogen) atoms. The maximum Gasteiger partial charge on any atom is 0.293 e. The Hall–Kier alpha value is -2.02. The molecule has 128 valence electrons. The number of benzene rings is 2. The molecule has 0 atom stereocenters. The lowest BCUT2D eigenvalue weighted by atomic mass is 10.2. The second-order valence-corrected chi connectivity index (χ2v) is 6.99. The van der Waals surface area contributed by atoms with E-state index >= 15 is 0 Å². The number of thioether (sulfide) groups is 1. The zero-order valence-corrected chi connectivity index (χ0v) is 14.8. The average molecular weight is 398 g/mol. The van der Waals surface area contributed by atoms with Crippen LogP contribution in [-0.4, -0.2) is 21.2 Å². The minimum atomic E-state index is -0.583. The SMILES string of the molecule is O=C1S/C(=C/c2ccc(O)c(Cl)c2)C(=O)N1Cc1c(F)cccc1Cl. The molecular weight excluding hydrogens is 388 g/mol. The molecule has 0 bridgehead atoms. The molecule has 3 rings (SSSR count). The zero-order valence-electron chi connectivity index (χ0n) is 12.5. The zero-order chi connectivity index (χ0) is 18.1. The fraction of sp³-hybridized carbons (Fsp3) is 0.0588. The minimum absolute atomic E-state index is 0.0823. The van der Waals surface area contributed by atoms with Crippen molar-refractivity contribution in [3.05, 3.63) is 68.3 Å². The van der Waals surface area contributed by atoms with Crippen LogP contribution in [0.3, 0.4) is 0 Å². The van der Waals surface area contributed by atoms with Crippen LogP contribution in [0.4, 0.5) is 9.18 Å². The van der Waals surface area contributed by atoms with E-state index in [1.165, 1.54) is 36.4 Å². The van der Waals surface area contributed by atoms with Crippen LogP contribution in [-0.2, 0) is 11.3 Å². The van der Waals surface area contributed by atoms with Gasteiger partial charge in [-0.3, -0.25) is 14.5 Å². The van der Waals surface area contributed by atoms with Crippen LogP contribution in [0.2, 0.25) is 10.0 Å². The fourth-order valence-electron chi connectivity index (χ4n) is 2.24. The number of imide groups is 1. The van der Waals surface area contributed by atoms with Gasteiger partial charge < -0.3 is 5.11 Å². The summed E-state index contributed by atoms with van der Waals surface area (Å²) in [6, 6.07) is 8.57. The molecule has 2 aromatic carbocycles. The first-order chi connectivity index (χ1) is 11.9. The number of hydrogen-bond donors (Lipinski definition) is 1. The summed E-state index contributed by atoms with van der Waals surface area (Å²) < 4.78 is 13.9. The first kappa shape index (κ1) is 17.8. The average Bonchev–Trinajstić information content (AvgIpc) is 2.81. The van der Waals surface area contributed by atoms with Crippen molar-refractivity contribution in [3.63, 3.8) is 0 Å². The molecule has 2 aromatic rings. The Bertz CT molecular complexity index is 897. The summed E-state index contributed by atoms with van der Waals surface area (Å²) in [5.41, 5.74) is 0.637. The predicted molar refractivity (Wildman–Crippen MR) is 96.0 cm³/mol. The Morgan fingerprint density at radius 2 is 1.92 bits per heavy atom. The number of carbonyl (C=O) groups is 2. The van der Waals surface area contributed by atoms with Crippen molar-refractivity contribution in [2.75, 3.05) is 0 Å². The maximum atomic E-state index is 13.9. The van der Waals surface area contributed by atoms with Gasteiger partial charge in [-0.15, -0.1) is 0 Å². The Labute approximate surface area is 156 Å². The van der Waals surface area contributed by atoms with E-state index in [-0.39, 0.29) is 32.8 Å². The smallest absolute Gasteiger partial charge is 0.293 e. The first-order valence-corrected chi connectivity index (χ1v) is 8.61. The van der Waals surface area contributed by atoms with Gasteiger partial charge >= 0.3 is 0 Å². The van der Waals surface area contributed by atoms with Gasteiger partial charge in [0, 0.05) is 10.6 Å². The normalized spacial score (nSPS) is 16.1. The third-order valence-corrected chi connectivity index (χ3v) is 5.09. The number of halogens is 3.